The summed E-state index contributed by atoms with van der Waals surface area (Å²) in [5.74, 6) is 1.53. The molecule has 0 radical (unpaired) electrons. The Morgan fingerprint density at radius 1 is 1.35 bits per heavy atom. The van der Waals surface area contributed by atoms with Gasteiger partial charge in [0.05, 0.1) is 6.61 Å². The van der Waals surface area contributed by atoms with Crippen LogP contribution in [0.15, 0.2) is 12.3 Å². The summed E-state index contributed by atoms with van der Waals surface area (Å²) >= 11 is 0. The summed E-state index contributed by atoms with van der Waals surface area (Å²) in [6.07, 6.45) is 10.0. The molecule has 4 heteroatoms. The van der Waals surface area contributed by atoms with Crippen molar-refractivity contribution in [3.05, 3.63) is 12.3 Å². The van der Waals surface area contributed by atoms with Crippen molar-refractivity contribution in [1.82, 2.24) is 5.32 Å². The highest BCUT2D eigenvalue weighted by Gasteiger charge is 2.35. The molecule has 2 unspecified atom stereocenters. The number of rotatable bonds is 6. The zero-order valence-electron chi connectivity index (χ0n) is 12.5. The predicted octanol–water partition coefficient (Wildman–Crippen LogP) is 3.76. The largest absolute Gasteiger partial charge is 0.491 e. The van der Waals surface area contributed by atoms with E-state index in [-0.39, 0.29) is 18.2 Å². The van der Waals surface area contributed by atoms with Crippen LogP contribution in [0, 0.1) is 5.92 Å². The highest BCUT2D eigenvalue weighted by molar-refractivity contribution is 5.68. The number of nitrogens with one attached hydrogen (secondary N) is 1. The Morgan fingerprint density at radius 3 is 2.75 bits per heavy atom. The van der Waals surface area contributed by atoms with Gasteiger partial charge in [-0.3, -0.25) is 0 Å². The highest BCUT2D eigenvalue weighted by atomic mass is 16.6. The third-order valence-corrected chi connectivity index (χ3v) is 4.39. The zero-order chi connectivity index (χ0) is 14.4. The lowest BCUT2D eigenvalue weighted by Gasteiger charge is -2.37. The fourth-order valence-corrected chi connectivity index (χ4v) is 3.11. The Morgan fingerprint density at radius 2 is 2.10 bits per heavy atom. The topological polar surface area (TPSA) is 47.6 Å². The molecule has 114 valence electrons. The van der Waals surface area contributed by atoms with Gasteiger partial charge in [-0.1, -0.05) is 45.1 Å². The Hall–Kier alpha value is -1.19. The molecule has 2 fully saturated rings. The molecule has 1 heterocycles. The first-order valence-corrected chi connectivity index (χ1v) is 7.95. The Balaban J connectivity index is 1.48. The van der Waals surface area contributed by atoms with Gasteiger partial charge in [0.2, 0.25) is 0 Å². The van der Waals surface area contributed by atoms with Crippen LogP contribution in [0.25, 0.3) is 0 Å². The standard InChI is InChI=1S/C16H27NO3/c1-12-15(13(2)20-12)17-16(18)19-11-7-6-10-14-8-4-3-5-9-14/h13-15H,1,3-11H2,2H3,(H,17,18). The number of hydrogen-bond donors (Lipinski definition) is 1. The second-order valence-electron chi connectivity index (χ2n) is 6.05. The number of carbonyl (C=O) groups is 1. The van der Waals surface area contributed by atoms with E-state index in [2.05, 4.69) is 11.9 Å². The summed E-state index contributed by atoms with van der Waals surface area (Å²) < 4.78 is 10.4. The van der Waals surface area contributed by atoms with Gasteiger partial charge in [0.15, 0.2) is 0 Å². The maximum atomic E-state index is 11.6. The van der Waals surface area contributed by atoms with E-state index in [1.807, 2.05) is 6.92 Å². The minimum Gasteiger partial charge on any atom is -0.491 e. The Kier molecular flexibility index (Phi) is 5.74. The van der Waals surface area contributed by atoms with E-state index in [1.54, 1.807) is 0 Å². The number of hydrogen-bond acceptors (Lipinski definition) is 3. The van der Waals surface area contributed by atoms with Crippen LogP contribution >= 0.6 is 0 Å². The Bertz CT molecular complexity index is 337. The molecule has 0 aromatic heterocycles. The van der Waals surface area contributed by atoms with E-state index in [1.165, 1.54) is 38.5 Å². The molecule has 1 aliphatic carbocycles. The van der Waals surface area contributed by atoms with Crippen LogP contribution in [0.1, 0.15) is 58.3 Å². The molecule has 1 saturated carbocycles. The molecular formula is C16H27NO3. The fourth-order valence-electron chi connectivity index (χ4n) is 3.11. The van der Waals surface area contributed by atoms with Gasteiger partial charge in [-0.05, 0) is 25.7 Å². The lowest BCUT2D eigenvalue weighted by molar-refractivity contribution is -0.00416. The number of carbonyl (C=O) groups excluding carboxylic acids is 1. The molecule has 1 amide bonds. The van der Waals surface area contributed by atoms with Gasteiger partial charge in [0.25, 0.3) is 0 Å². The van der Waals surface area contributed by atoms with Crippen molar-refractivity contribution < 1.29 is 14.3 Å². The lowest BCUT2D eigenvalue weighted by atomic mass is 9.86. The molecule has 0 bridgehead atoms. The van der Waals surface area contributed by atoms with Gasteiger partial charge in [-0.15, -0.1) is 0 Å². The van der Waals surface area contributed by atoms with Gasteiger partial charge in [0.1, 0.15) is 17.9 Å². The summed E-state index contributed by atoms with van der Waals surface area (Å²) in [6, 6.07) is -0.0928. The molecule has 1 aliphatic heterocycles. The molecule has 0 aromatic rings. The maximum absolute atomic E-state index is 11.6. The monoisotopic (exact) mass is 281 g/mol. The zero-order valence-corrected chi connectivity index (χ0v) is 12.5. The van der Waals surface area contributed by atoms with Crippen molar-refractivity contribution in [2.24, 2.45) is 5.92 Å². The van der Waals surface area contributed by atoms with Gasteiger partial charge < -0.3 is 14.8 Å². The predicted molar refractivity (Wildman–Crippen MR) is 78.4 cm³/mol. The summed E-state index contributed by atoms with van der Waals surface area (Å²) in [5.41, 5.74) is 0. The molecule has 20 heavy (non-hydrogen) atoms. The lowest BCUT2D eigenvalue weighted by Crippen LogP contribution is -2.52. The van der Waals surface area contributed by atoms with Gasteiger partial charge >= 0.3 is 6.09 Å². The maximum Gasteiger partial charge on any atom is 0.407 e. The van der Waals surface area contributed by atoms with E-state index in [4.69, 9.17) is 9.47 Å². The first-order chi connectivity index (χ1) is 9.66. The van der Waals surface area contributed by atoms with E-state index in [9.17, 15) is 4.79 Å². The minimum absolute atomic E-state index is 0.00125. The highest BCUT2D eigenvalue weighted by Crippen LogP contribution is 2.27. The summed E-state index contributed by atoms with van der Waals surface area (Å²) in [7, 11) is 0. The second-order valence-corrected chi connectivity index (χ2v) is 6.05. The van der Waals surface area contributed by atoms with Crippen LogP contribution in [0.4, 0.5) is 4.79 Å². The van der Waals surface area contributed by atoms with E-state index in [0.717, 1.165) is 18.8 Å². The van der Waals surface area contributed by atoms with Crippen molar-refractivity contribution in [1.29, 1.82) is 0 Å². The normalized spacial score (nSPS) is 26.6. The average molecular weight is 281 g/mol. The van der Waals surface area contributed by atoms with Crippen molar-refractivity contribution in [2.75, 3.05) is 6.61 Å². The summed E-state index contributed by atoms with van der Waals surface area (Å²) in [5, 5.41) is 2.77. The molecule has 0 spiro atoms. The molecule has 0 aromatic carbocycles. The van der Waals surface area contributed by atoms with Crippen LogP contribution in [0.2, 0.25) is 0 Å². The molecule has 2 aliphatic rings. The summed E-state index contributed by atoms with van der Waals surface area (Å²) in [6.45, 7) is 6.13. The van der Waals surface area contributed by atoms with Crippen LogP contribution < -0.4 is 5.32 Å². The van der Waals surface area contributed by atoms with Gasteiger partial charge in [-0.2, -0.15) is 0 Å². The van der Waals surface area contributed by atoms with E-state index in [0.29, 0.717) is 12.4 Å². The number of alkyl carbamates (subject to hydrolysis) is 1. The van der Waals surface area contributed by atoms with Crippen LogP contribution in [-0.2, 0) is 9.47 Å². The molecule has 1 N–H and O–H groups in total. The van der Waals surface area contributed by atoms with Gasteiger partial charge in [0, 0.05) is 0 Å². The van der Waals surface area contributed by atoms with E-state index < -0.39 is 0 Å². The van der Waals surface area contributed by atoms with Crippen LogP contribution in [0.3, 0.4) is 0 Å². The average Bonchev–Trinajstić information content (AvgIpc) is 2.46. The van der Waals surface area contributed by atoms with Crippen molar-refractivity contribution in [3.63, 3.8) is 0 Å². The number of ether oxygens (including phenoxy) is 2. The molecular weight excluding hydrogens is 254 g/mol. The molecule has 2 atom stereocenters. The van der Waals surface area contributed by atoms with Gasteiger partial charge in [-0.25, -0.2) is 4.79 Å². The molecule has 2 rings (SSSR count). The SMILES string of the molecule is C=C1OC(C)C1NC(=O)OCCCCC1CCCCC1. The van der Waals surface area contributed by atoms with Crippen molar-refractivity contribution in [2.45, 2.75) is 70.4 Å². The van der Waals surface area contributed by atoms with Crippen molar-refractivity contribution in [3.8, 4) is 0 Å². The quantitative estimate of drug-likeness (QED) is 0.754. The van der Waals surface area contributed by atoms with Crippen molar-refractivity contribution >= 4 is 6.09 Å². The molecule has 4 nitrogen and oxygen atoms in total. The minimum atomic E-state index is -0.357. The van der Waals surface area contributed by atoms with Crippen LogP contribution in [0.5, 0.6) is 0 Å². The van der Waals surface area contributed by atoms with Crippen LogP contribution in [-0.4, -0.2) is 24.8 Å². The summed E-state index contributed by atoms with van der Waals surface area (Å²) in [4.78, 5) is 11.6. The smallest absolute Gasteiger partial charge is 0.407 e. The number of amides is 1. The first kappa shape index (κ1) is 15.2. The Labute approximate surface area is 121 Å². The number of unbranched alkanes of at least 4 members (excludes halogenated alkanes) is 1. The third-order valence-electron chi connectivity index (χ3n) is 4.39. The first-order valence-electron chi connectivity index (χ1n) is 7.95. The second kappa shape index (κ2) is 7.55. The third kappa shape index (κ3) is 4.43. The van der Waals surface area contributed by atoms with E-state index >= 15 is 0 Å². The molecule has 1 saturated heterocycles. The fraction of sp³-hybridized carbons (Fsp3) is 0.812.